The molecule has 1 N–H and O–H groups in total. The number of nitrogens with zero attached hydrogens (tertiary/aromatic N) is 2. The van der Waals surface area contributed by atoms with Crippen LogP contribution in [-0.4, -0.2) is 34.0 Å². The van der Waals surface area contributed by atoms with Gasteiger partial charge in [0.15, 0.2) is 0 Å². The normalized spacial score (nSPS) is 20.0. The van der Waals surface area contributed by atoms with Crippen LogP contribution in [0.15, 0.2) is 36.5 Å². The van der Waals surface area contributed by atoms with Gasteiger partial charge in [-0.2, -0.15) is 0 Å². The topological polar surface area (TPSA) is 53.4 Å². The zero-order valence-corrected chi connectivity index (χ0v) is 14.8. The molecule has 1 aliphatic heterocycles. The number of likely N-dealkylation sites (tertiary alicyclic amines) is 1. The molecule has 2 aromatic rings. The van der Waals surface area contributed by atoms with Crippen molar-refractivity contribution >= 4 is 17.3 Å². The molecule has 4 nitrogen and oxygen atoms in total. The fourth-order valence-corrected chi connectivity index (χ4v) is 4.47. The fourth-order valence-electron chi connectivity index (χ4n) is 3.38. The molecule has 1 fully saturated rings. The number of aryl methyl sites for hydroxylation is 1. The summed E-state index contributed by atoms with van der Waals surface area (Å²) >= 11 is 1.85. The number of hydrogen-bond acceptors (Lipinski definition) is 4. The van der Waals surface area contributed by atoms with Crippen LogP contribution in [0.1, 0.15) is 41.3 Å². The van der Waals surface area contributed by atoms with E-state index < -0.39 is 5.97 Å². The Morgan fingerprint density at radius 1 is 1.42 bits per heavy atom. The van der Waals surface area contributed by atoms with Crippen molar-refractivity contribution in [3.05, 3.63) is 52.0 Å². The van der Waals surface area contributed by atoms with Gasteiger partial charge in [0.05, 0.1) is 5.92 Å². The van der Waals surface area contributed by atoms with E-state index in [0.29, 0.717) is 6.54 Å². The molecule has 3 rings (SSSR count). The Kier molecular flexibility index (Phi) is 5.63. The van der Waals surface area contributed by atoms with Crippen LogP contribution < -0.4 is 0 Å². The van der Waals surface area contributed by atoms with Gasteiger partial charge >= 0.3 is 5.97 Å². The molecule has 0 amide bonds. The Balaban J connectivity index is 1.84. The highest BCUT2D eigenvalue weighted by Gasteiger charge is 2.31. The Morgan fingerprint density at radius 3 is 2.96 bits per heavy atom. The van der Waals surface area contributed by atoms with E-state index in [9.17, 15) is 9.90 Å². The van der Waals surface area contributed by atoms with Crippen molar-refractivity contribution < 1.29 is 9.90 Å². The minimum atomic E-state index is -0.670. The zero-order valence-electron chi connectivity index (χ0n) is 14.0. The number of carbonyl (C=O) groups is 1. The Morgan fingerprint density at radius 2 is 2.29 bits per heavy atom. The van der Waals surface area contributed by atoms with E-state index in [1.54, 1.807) is 0 Å². The molecular weight excluding hydrogens is 320 g/mol. The van der Waals surface area contributed by atoms with Gasteiger partial charge in [-0.1, -0.05) is 13.0 Å². The van der Waals surface area contributed by atoms with E-state index in [0.717, 1.165) is 37.9 Å². The highest BCUT2D eigenvalue weighted by Crippen LogP contribution is 2.33. The maximum atomic E-state index is 11.4. The van der Waals surface area contributed by atoms with Crippen LogP contribution in [0.4, 0.5) is 0 Å². The van der Waals surface area contributed by atoms with Gasteiger partial charge in [-0.3, -0.25) is 14.7 Å². The fraction of sp³-hybridized carbons (Fsp3) is 0.474. The number of aliphatic carboxylic acids is 1. The molecule has 5 heteroatoms. The van der Waals surface area contributed by atoms with Crippen molar-refractivity contribution in [2.24, 2.45) is 5.92 Å². The van der Waals surface area contributed by atoms with Gasteiger partial charge in [0.1, 0.15) is 0 Å². The van der Waals surface area contributed by atoms with Crippen LogP contribution >= 0.6 is 11.3 Å². The smallest absolute Gasteiger partial charge is 0.307 e. The summed E-state index contributed by atoms with van der Waals surface area (Å²) in [5.74, 6) is -0.924. The number of carboxylic acid groups (broad SMARTS) is 1. The van der Waals surface area contributed by atoms with Gasteiger partial charge in [-0.05, 0) is 50.1 Å². The summed E-state index contributed by atoms with van der Waals surface area (Å²) in [4.78, 5) is 21.0. The summed E-state index contributed by atoms with van der Waals surface area (Å²) in [6.07, 6.45) is 5.43. The third-order valence-electron chi connectivity index (χ3n) is 4.73. The average molecular weight is 344 g/mol. The Hall–Kier alpha value is -1.72. The SMILES string of the molecule is CCc1ccc(C(Cc2ccccn2)N2CCCC(C(=O)O)C2)s1. The number of thiophene rings is 1. The van der Waals surface area contributed by atoms with Gasteiger partial charge in [-0.25, -0.2) is 0 Å². The summed E-state index contributed by atoms with van der Waals surface area (Å²) < 4.78 is 0. The average Bonchev–Trinajstić information content (AvgIpc) is 3.09. The van der Waals surface area contributed by atoms with Crippen LogP contribution in [0.25, 0.3) is 0 Å². The molecule has 0 spiro atoms. The van der Waals surface area contributed by atoms with Gasteiger partial charge < -0.3 is 5.11 Å². The first-order valence-electron chi connectivity index (χ1n) is 8.62. The van der Waals surface area contributed by atoms with Crippen molar-refractivity contribution in [2.75, 3.05) is 13.1 Å². The molecule has 0 saturated carbocycles. The van der Waals surface area contributed by atoms with Crippen LogP contribution in [-0.2, 0) is 17.6 Å². The van der Waals surface area contributed by atoms with Crippen LogP contribution in [0.2, 0.25) is 0 Å². The second kappa shape index (κ2) is 7.90. The van der Waals surface area contributed by atoms with Crippen molar-refractivity contribution in [3.8, 4) is 0 Å². The Labute approximate surface area is 147 Å². The molecule has 0 aliphatic carbocycles. The molecule has 1 aliphatic rings. The lowest BCUT2D eigenvalue weighted by molar-refractivity contribution is -0.144. The summed E-state index contributed by atoms with van der Waals surface area (Å²) in [6.45, 7) is 3.76. The van der Waals surface area contributed by atoms with Gasteiger partial charge in [0, 0.05) is 40.7 Å². The van der Waals surface area contributed by atoms with E-state index in [1.807, 2.05) is 29.7 Å². The minimum Gasteiger partial charge on any atom is -0.481 e. The van der Waals surface area contributed by atoms with Crippen LogP contribution in [0.3, 0.4) is 0 Å². The van der Waals surface area contributed by atoms with Crippen molar-refractivity contribution in [3.63, 3.8) is 0 Å². The first-order chi connectivity index (χ1) is 11.7. The van der Waals surface area contributed by atoms with E-state index in [-0.39, 0.29) is 12.0 Å². The van der Waals surface area contributed by atoms with Gasteiger partial charge in [0.25, 0.3) is 0 Å². The highest BCUT2D eigenvalue weighted by molar-refractivity contribution is 7.12. The van der Waals surface area contributed by atoms with E-state index in [4.69, 9.17) is 0 Å². The highest BCUT2D eigenvalue weighted by atomic mass is 32.1. The summed E-state index contributed by atoms with van der Waals surface area (Å²) in [6, 6.07) is 10.6. The third kappa shape index (κ3) is 4.02. The number of rotatable bonds is 6. The number of aromatic nitrogens is 1. The van der Waals surface area contributed by atoms with E-state index in [2.05, 4.69) is 35.0 Å². The molecule has 1 saturated heterocycles. The van der Waals surface area contributed by atoms with Crippen LogP contribution in [0, 0.1) is 5.92 Å². The molecule has 2 aromatic heterocycles. The Bertz CT molecular complexity index is 671. The second-order valence-corrected chi connectivity index (χ2v) is 7.57. The first kappa shape index (κ1) is 17.1. The lowest BCUT2D eigenvalue weighted by Gasteiger charge is -2.36. The minimum absolute atomic E-state index is 0.215. The predicted octanol–water partition coefficient (Wildman–Crippen LogP) is 3.79. The predicted molar refractivity (Wildman–Crippen MR) is 96.3 cm³/mol. The zero-order chi connectivity index (χ0) is 16.9. The number of carboxylic acids is 1. The van der Waals surface area contributed by atoms with Crippen molar-refractivity contribution in [1.29, 1.82) is 0 Å². The lowest BCUT2D eigenvalue weighted by Crippen LogP contribution is -2.41. The van der Waals surface area contributed by atoms with E-state index >= 15 is 0 Å². The van der Waals surface area contributed by atoms with Crippen LogP contribution in [0.5, 0.6) is 0 Å². The quantitative estimate of drug-likeness (QED) is 0.866. The summed E-state index contributed by atoms with van der Waals surface area (Å²) in [5.41, 5.74) is 1.06. The monoisotopic (exact) mass is 344 g/mol. The molecule has 0 bridgehead atoms. The molecule has 2 atom stereocenters. The van der Waals surface area contributed by atoms with Crippen molar-refractivity contribution in [2.45, 2.75) is 38.6 Å². The number of piperidine rings is 1. The maximum absolute atomic E-state index is 11.4. The molecule has 0 radical (unpaired) electrons. The van der Waals surface area contributed by atoms with Gasteiger partial charge in [0.2, 0.25) is 0 Å². The molecule has 3 heterocycles. The van der Waals surface area contributed by atoms with Gasteiger partial charge in [-0.15, -0.1) is 11.3 Å². The number of pyridine rings is 1. The summed E-state index contributed by atoms with van der Waals surface area (Å²) in [7, 11) is 0. The lowest BCUT2D eigenvalue weighted by atomic mass is 9.95. The molecule has 128 valence electrons. The van der Waals surface area contributed by atoms with E-state index in [1.165, 1.54) is 9.75 Å². The molecule has 0 aromatic carbocycles. The molecule has 2 unspecified atom stereocenters. The molecule has 24 heavy (non-hydrogen) atoms. The van der Waals surface area contributed by atoms with Crippen molar-refractivity contribution in [1.82, 2.24) is 9.88 Å². The number of hydrogen-bond donors (Lipinski definition) is 1. The standard InChI is InChI=1S/C19H24N2O2S/c1-2-16-8-9-18(24-16)17(12-15-7-3-4-10-20-15)21-11-5-6-14(13-21)19(22)23/h3-4,7-10,14,17H,2,5-6,11-13H2,1H3,(H,22,23). The third-order valence-corrected chi connectivity index (χ3v) is 6.06. The first-order valence-corrected chi connectivity index (χ1v) is 9.44. The largest absolute Gasteiger partial charge is 0.481 e. The molecular formula is C19H24N2O2S. The maximum Gasteiger partial charge on any atom is 0.307 e. The second-order valence-electron chi connectivity index (χ2n) is 6.37. The summed E-state index contributed by atoms with van der Waals surface area (Å²) in [5, 5.41) is 9.40.